The van der Waals surface area contributed by atoms with Crippen molar-refractivity contribution in [3.63, 3.8) is 0 Å². The minimum atomic E-state index is -0.907. The number of H-pyrrole nitrogens is 1. The maximum atomic E-state index is 12.2. The van der Waals surface area contributed by atoms with Crippen LogP contribution in [0, 0.1) is 5.92 Å². The van der Waals surface area contributed by atoms with Crippen molar-refractivity contribution in [1.29, 1.82) is 0 Å². The van der Waals surface area contributed by atoms with E-state index in [0.717, 1.165) is 36.8 Å². The molecule has 0 spiro atoms. The number of aromatic amines is 1. The summed E-state index contributed by atoms with van der Waals surface area (Å²) >= 11 is 0. The number of carboxylic acid groups (broad SMARTS) is 1. The lowest BCUT2D eigenvalue weighted by Gasteiger charge is -2.28. The molecule has 6 heteroatoms. The summed E-state index contributed by atoms with van der Waals surface area (Å²) in [4.78, 5) is 29.0. The molecular weight excluding hydrogens is 306 g/mol. The highest BCUT2D eigenvalue weighted by Gasteiger charge is 2.25. The molecule has 1 atom stereocenters. The maximum absolute atomic E-state index is 12.2. The summed E-state index contributed by atoms with van der Waals surface area (Å²) in [6.07, 6.45) is 5.25. The van der Waals surface area contributed by atoms with E-state index in [1.807, 2.05) is 30.5 Å². The number of nitrogens with one attached hydrogen (secondary N) is 2. The summed E-state index contributed by atoms with van der Waals surface area (Å²) in [6.45, 7) is 2.29. The van der Waals surface area contributed by atoms with Gasteiger partial charge in [0.1, 0.15) is 0 Å². The smallest absolute Gasteiger partial charge is 0.308 e. The molecule has 128 valence electrons. The van der Waals surface area contributed by atoms with Crippen LogP contribution in [0.25, 0.3) is 10.9 Å². The van der Waals surface area contributed by atoms with E-state index >= 15 is 0 Å². The molecule has 1 saturated heterocycles. The van der Waals surface area contributed by atoms with Crippen molar-refractivity contribution in [1.82, 2.24) is 9.88 Å². The Labute approximate surface area is 140 Å². The van der Waals surface area contributed by atoms with Crippen LogP contribution >= 0.6 is 0 Å². The van der Waals surface area contributed by atoms with Crippen LogP contribution in [-0.4, -0.2) is 46.5 Å². The number of hydrogen-bond donors (Lipinski definition) is 3. The van der Waals surface area contributed by atoms with E-state index in [4.69, 9.17) is 0 Å². The van der Waals surface area contributed by atoms with Gasteiger partial charge < -0.3 is 20.3 Å². The third kappa shape index (κ3) is 4.14. The van der Waals surface area contributed by atoms with Crippen molar-refractivity contribution in [3.05, 3.63) is 30.5 Å². The molecule has 3 rings (SSSR count). The van der Waals surface area contributed by atoms with Crippen molar-refractivity contribution in [2.24, 2.45) is 5.92 Å². The molecule has 1 aliphatic rings. The van der Waals surface area contributed by atoms with Crippen LogP contribution in [-0.2, 0) is 9.59 Å². The number of likely N-dealkylation sites (tertiary alicyclic amines) is 1. The summed E-state index contributed by atoms with van der Waals surface area (Å²) in [7, 11) is 0. The first-order valence-corrected chi connectivity index (χ1v) is 8.44. The molecule has 2 aromatic rings. The van der Waals surface area contributed by atoms with Crippen molar-refractivity contribution in [3.8, 4) is 0 Å². The predicted molar refractivity (Wildman–Crippen MR) is 93.0 cm³/mol. The van der Waals surface area contributed by atoms with Gasteiger partial charge in [-0.05, 0) is 49.5 Å². The molecule has 0 aliphatic carbocycles. The van der Waals surface area contributed by atoms with Gasteiger partial charge in [0.15, 0.2) is 0 Å². The van der Waals surface area contributed by atoms with Gasteiger partial charge >= 0.3 is 5.97 Å². The number of nitrogens with zero attached hydrogens (tertiary/aromatic N) is 1. The Morgan fingerprint density at radius 3 is 2.75 bits per heavy atom. The van der Waals surface area contributed by atoms with Gasteiger partial charge in [-0.2, -0.15) is 0 Å². The number of benzene rings is 1. The first-order chi connectivity index (χ1) is 11.6. The number of piperidine rings is 1. The number of aromatic nitrogens is 1. The Bertz CT molecular complexity index is 719. The number of rotatable bonds is 6. The second-order valence-corrected chi connectivity index (χ2v) is 6.43. The zero-order chi connectivity index (χ0) is 16.9. The van der Waals surface area contributed by atoms with E-state index in [-0.39, 0.29) is 12.3 Å². The fourth-order valence-electron chi connectivity index (χ4n) is 3.25. The van der Waals surface area contributed by atoms with E-state index in [0.29, 0.717) is 12.2 Å². The maximum Gasteiger partial charge on any atom is 0.308 e. The highest BCUT2D eigenvalue weighted by Crippen LogP contribution is 2.19. The number of fused-ring (bicyclic) bond motifs is 1. The minimum absolute atomic E-state index is 0.00536. The number of amides is 1. The van der Waals surface area contributed by atoms with Crippen molar-refractivity contribution >= 4 is 28.5 Å². The van der Waals surface area contributed by atoms with Crippen molar-refractivity contribution in [2.75, 3.05) is 25.0 Å². The fraction of sp³-hybridized carbons (Fsp3) is 0.444. The molecule has 1 aromatic carbocycles. The number of hydrogen-bond acceptors (Lipinski definition) is 3. The molecule has 1 fully saturated rings. The monoisotopic (exact) mass is 329 g/mol. The quantitative estimate of drug-likeness (QED) is 0.760. The summed E-state index contributed by atoms with van der Waals surface area (Å²) in [5.41, 5.74) is 1.62. The Balaban J connectivity index is 1.59. The summed E-state index contributed by atoms with van der Waals surface area (Å²) < 4.78 is 0. The lowest BCUT2D eigenvalue weighted by molar-refractivity contribution is -0.144. The molecule has 1 unspecified atom stereocenters. The normalized spacial score (nSPS) is 16.8. The van der Waals surface area contributed by atoms with Crippen molar-refractivity contribution < 1.29 is 14.7 Å². The molecule has 1 aliphatic heterocycles. The molecule has 3 N–H and O–H groups in total. The van der Waals surface area contributed by atoms with E-state index in [9.17, 15) is 14.7 Å². The number of aliphatic carboxylic acids is 1. The lowest BCUT2D eigenvalue weighted by atomic mass is 10.0. The topological polar surface area (TPSA) is 85.4 Å². The van der Waals surface area contributed by atoms with Gasteiger partial charge in [-0.25, -0.2) is 0 Å². The van der Waals surface area contributed by atoms with Crippen LogP contribution in [0.2, 0.25) is 0 Å². The largest absolute Gasteiger partial charge is 0.481 e. The zero-order valence-electron chi connectivity index (χ0n) is 13.6. The predicted octanol–water partition coefficient (Wildman–Crippen LogP) is 2.68. The molecule has 0 bridgehead atoms. The summed E-state index contributed by atoms with van der Waals surface area (Å²) in [6, 6.07) is 7.56. The van der Waals surface area contributed by atoms with Crippen LogP contribution in [0.15, 0.2) is 30.5 Å². The first-order valence-electron chi connectivity index (χ1n) is 8.44. The first kappa shape index (κ1) is 16.5. The Morgan fingerprint density at radius 2 is 2.00 bits per heavy atom. The Hall–Kier alpha value is -2.34. The van der Waals surface area contributed by atoms with Crippen LogP contribution < -0.4 is 5.32 Å². The van der Waals surface area contributed by atoms with Gasteiger partial charge in [-0.15, -0.1) is 0 Å². The SMILES string of the molecule is O=C(CC(CN1CCCCC1)C(=O)O)Nc1ccc2cc[nH]c2c1. The average molecular weight is 329 g/mol. The molecule has 0 radical (unpaired) electrons. The van der Waals surface area contributed by atoms with Crippen molar-refractivity contribution in [2.45, 2.75) is 25.7 Å². The molecule has 1 amide bonds. The lowest BCUT2D eigenvalue weighted by Crippen LogP contribution is -2.38. The van der Waals surface area contributed by atoms with Gasteiger partial charge in [-0.1, -0.05) is 12.5 Å². The van der Waals surface area contributed by atoms with Gasteiger partial charge in [0.25, 0.3) is 0 Å². The average Bonchev–Trinajstić information content (AvgIpc) is 3.02. The number of carboxylic acids is 1. The number of carbonyl (C=O) groups excluding carboxylic acids is 1. The van der Waals surface area contributed by atoms with E-state index in [1.54, 1.807) is 0 Å². The molecule has 2 heterocycles. The number of anilines is 1. The second kappa shape index (κ2) is 7.49. The third-order valence-corrected chi connectivity index (χ3v) is 4.55. The minimum Gasteiger partial charge on any atom is -0.481 e. The standard InChI is InChI=1S/C18H23N3O3/c22-17(20-15-5-4-13-6-7-19-16(13)11-15)10-14(18(23)24)12-21-8-2-1-3-9-21/h4-7,11,14,19H,1-3,8-10,12H2,(H,20,22)(H,23,24). The molecule has 6 nitrogen and oxygen atoms in total. The molecule has 24 heavy (non-hydrogen) atoms. The summed E-state index contributed by atoms with van der Waals surface area (Å²) in [5.74, 6) is -1.84. The Kier molecular flexibility index (Phi) is 5.15. The highest BCUT2D eigenvalue weighted by atomic mass is 16.4. The van der Waals surface area contributed by atoms with Crippen LogP contribution in [0.3, 0.4) is 0 Å². The highest BCUT2D eigenvalue weighted by molar-refractivity contribution is 5.95. The second-order valence-electron chi connectivity index (χ2n) is 6.43. The van der Waals surface area contributed by atoms with Crippen LogP contribution in [0.4, 0.5) is 5.69 Å². The van der Waals surface area contributed by atoms with Gasteiger partial charge in [0.2, 0.25) is 5.91 Å². The van der Waals surface area contributed by atoms with Crippen LogP contribution in [0.1, 0.15) is 25.7 Å². The molecular formula is C18H23N3O3. The van der Waals surface area contributed by atoms with Gasteiger partial charge in [0, 0.05) is 30.4 Å². The van der Waals surface area contributed by atoms with E-state index < -0.39 is 11.9 Å². The fourth-order valence-corrected chi connectivity index (χ4v) is 3.25. The zero-order valence-corrected chi connectivity index (χ0v) is 13.6. The van der Waals surface area contributed by atoms with Crippen LogP contribution in [0.5, 0.6) is 0 Å². The van der Waals surface area contributed by atoms with Gasteiger partial charge in [-0.3, -0.25) is 9.59 Å². The van der Waals surface area contributed by atoms with Gasteiger partial charge in [0.05, 0.1) is 5.92 Å². The van der Waals surface area contributed by atoms with E-state index in [1.165, 1.54) is 6.42 Å². The Morgan fingerprint density at radius 1 is 1.21 bits per heavy atom. The summed E-state index contributed by atoms with van der Waals surface area (Å²) in [5, 5.41) is 13.3. The van der Waals surface area contributed by atoms with E-state index in [2.05, 4.69) is 15.2 Å². The number of carbonyl (C=O) groups is 2. The third-order valence-electron chi connectivity index (χ3n) is 4.55. The molecule has 1 aromatic heterocycles. The molecule has 0 saturated carbocycles.